The zero-order valence-corrected chi connectivity index (χ0v) is 14.6. The molecule has 0 aliphatic rings. The van der Waals surface area contributed by atoms with Gasteiger partial charge in [-0.2, -0.15) is 23.4 Å². The highest BCUT2D eigenvalue weighted by Crippen LogP contribution is 2.31. The predicted octanol–water partition coefficient (Wildman–Crippen LogP) is 2.75. The van der Waals surface area contributed by atoms with Gasteiger partial charge < -0.3 is 4.90 Å². The average molecular weight is 365 g/mol. The van der Waals surface area contributed by atoms with Crippen molar-refractivity contribution in [2.75, 3.05) is 11.9 Å². The molecule has 0 aromatic carbocycles. The summed E-state index contributed by atoms with van der Waals surface area (Å²) >= 11 is 0. The van der Waals surface area contributed by atoms with Crippen molar-refractivity contribution in [3.05, 3.63) is 42.1 Å². The summed E-state index contributed by atoms with van der Waals surface area (Å²) in [5.41, 5.74) is 0.538. The molecule has 0 amide bonds. The maximum atomic E-state index is 13.3. The molecule has 0 radical (unpaired) electrons. The summed E-state index contributed by atoms with van der Waals surface area (Å²) in [5, 5.41) is 8.16. The monoisotopic (exact) mass is 365 g/mol. The minimum absolute atomic E-state index is 0.0115. The molecule has 3 aromatic heterocycles. The van der Waals surface area contributed by atoms with Crippen LogP contribution in [0.2, 0.25) is 0 Å². The van der Waals surface area contributed by atoms with E-state index in [0.29, 0.717) is 18.7 Å². The largest absolute Gasteiger partial charge is 0.433 e. The summed E-state index contributed by atoms with van der Waals surface area (Å²) in [6.45, 7) is 2.94. The Balaban J connectivity index is 1.99. The van der Waals surface area contributed by atoms with Crippen molar-refractivity contribution in [2.24, 2.45) is 7.05 Å². The summed E-state index contributed by atoms with van der Waals surface area (Å²) in [7, 11) is 3.34. The van der Waals surface area contributed by atoms with Gasteiger partial charge in [-0.3, -0.25) is 9.36 Å². The molecule has 0 saturated heterocycles. The lowest BCUT2D eigenvalue weighted by Crippen LogP contribution is -2.23. The van der Waals surface area contributed by atoms with Crippen LogP contribution in [0.5, 0.6) is 0 Å². The highest BCUT2D eigenvalue weighted by atomic mass is 19.4. The average Bonchev–Trinajstić information content (AvgIpc) is 3.22. The Morgan fingerprint density at radius 3 is 2.58 bits per heavy atom. The Labute approximate surface area is 148 Å². The number of hydrogen-bond acceptors (Lipinski definition) is 5. The van der Waals surface area contributed by atoms with Gasteiger partial charge in [0.25, 0.3) is 0 Å². The molecule has 0 aliphatic carbocycles. The molecule has 0 atom stereocenters. The number of alkyl halides is 3. The highest BCUT2D eigenvalue weighted by molar-refractivity contribution is 5.59. The van der Waals surface area contributed by atoms with Crippen LogP contribution >= 0.6 is 0 Å². The normalized spacial score (nSPS) is 11.8. The van der Waals surface area contributed by atoms with Crippen LogP contribution in [0, 0.1) is 0 Å². The van der Waals surface area contributed by atoms with E-state index in [9.17, 15) is 13.2 Å². The molecule has 3 heterocycles. The molecule has 0 aliphatic heterocycles. The Hall–Kier alpha value is -2.91. The van der Waals surface area contributed by atoms with Crippen molar-refractivity contribution in [2.45, 2.75) is 26.2 Å². The molecular weight excluding hydrogens is 347 g/mol. The van der Waals surface area contributed by atoms with E-state index < -0.39 is 11.9 Å². The van der Waals surface area contributed by atoms with Gasteiger partial charge in [-0.05, 0) is 19.1 Å². The summed E-state index contributed by atoms with van der Waals surface area (Å²) in [6.07, 6.45) is 0.165. The van der Waals surface area contributed by atoms with Crippen molar-refractivity contribution < 1.29 is 13.2 Å². The van der Waals surface area contributed by atoms with Gasteiger partial charge >= 0.3 is 6.18 Å². The number of aryl methyl sites for hydroxylation is 2. The van der Waals surface area contributed by atoms with Crippen LogP contribution in [-0.4, -0.2) is 36.6 Å². The van der Waals surface area contributed by atoms with E-state index in [4.69, 9.17) is 0 Å². The van der Waals surface area contributed by atoms with Gasteiger partial charge in [-0.25, -0.2) is 9.97 Å². The summed E-state index contributed by atoms with van der Waals surface area (Å²) < 4.78 is 43.1. The molecule has 10 heteroatoms. The van der Waals surface area contributed by atoms with Gasteiger partial charge in [-0.15, -0.1) is 0 Å². The summed E-state index contributed by atoms with van der Waals surface area (Å²) in [4.78, 5) is 9.57. The standard InChI is InChI=1S/C16H18F3N7/c1-4-26-12(5-6-20-26)10-24(2)15-22-13(11-8-21-25(3)9-11)7-14(23-15)16(17,18)19/h5-9H,4,10H2,1-3H3. The number of rotatable bonds is 5. The van der Waals surface area contributed by atoms with Gasteiger partial charge in [0.1, 0.15) is 0 Å². The molecule has 3 aromatic rings. The fourth-order valence-electron chi connectivity index (χ4n) is 2.54. The van der Waals surface area contributed by atoms with E-state index >= 15 is 0 Å². The molecular formula is C16H18F3N7. The van der Waals surface area contributed by atoms with Gasteiger partial charge in [-0.1, -0.05) is 0 Å². The van der Waals surface area contributed by atoms with Crippen LogP contribution in [0.4, 0.5) is 19.1 Å². The molecule has 0 unspecified atom stereocenters. The van der Waals surface area contributed by atoms with Crippen LogP contribution < -0.4 is 4.90 Å². The van der Waals surface area contributed by atoms with Crippen LogP contribution in [0.1, 0.15) is 18.3 Å². The predicted molar refractivity (Wildman–Crippen MR) is 89.2 cm³/mol. The number of hydrogen-bond donors (Lipinski definition) is 0. The van der Waals surface area contributed by atoms with Crippen LogP contribution in [-0.2, 0) is 26.3 Å². The number of halogens is 3. The maximum Gasteiger partial charge on any atom is 0.433 e. The zero-order valence-electron chi connectivity index (χ0n) is 14.6. The third kappa shape index (κ3) is 3.68. The molecule has 0 saturated carbocycles. The third-order valence-corrected chi connectivity index (χ3v) is 3.85. The van der Waals surface area contributed by atoms with Crippen molar-refractivity contribution in [1.82, 2.24) is 29.5 Å². The highest BCUT2D eigenvalue weighted by Gasteiger charge is 2.34. The first-order chi connectivity index (χ1) is 12.3. The van der Waals surface area contributed by atoms with Crippen LogP contribution in [0.3, 0.4) is 0 Å². The summed E-state index contributed by atoms with van der Waals surface area (Å²) in [5.74, 6) is -0.0115. The first-order valence-electron chi connectivity index (χ1n) is 7.95. The molecule has 0 bridgehead atoms. The van der Waals surface area contributed by atoms with Gasteiger partial charge in [0.05, 0.1) is 24.1 Å². The molecule has 0 N–H and O–H groups in total. The fourth-order valence-corrected chi connectivity index (χ4v) is 2.54. The molecule has 7 nitrogen and oxygen atoms in total. The fraction of sp³-hybridized carbons (Fsp3) is 0.375. The molecule has 26 heavy (non-hydrogen) atoms. The Morgan fingerprint density at radius 2 is 1.96 bits per heavy atom. The molecule has 0 spiro atoms. The summed E-state index contributed by atoms with van der Waals surface area (Å²) in [6, 6.07) is 2.75. The zero-order chi connectivity index (χ0) is 18.9. The Kier molecular flexibility index (Phi) is 4.66. The first-order valence-corrected chi connectivity index (χ1v) is 7.95. The minimum Gasteiger partial charge on any atom is -0.338 e. The second-order valence-electron chi connectivity index (χ2n) is 5.83. The lowest BCUT2D eigenvalue weighted by atomic mass is 10.2. The third-order valence-electron chi connectivity index (χ3n) is 3.85. The minimum atomic E-state index is -4.57. The smallest absolute Gasteiger partial charge is 0.338 e. The Morgan fingerprint density at radius 1 is 1.19 bits per heavy atom. The van der Waals surface area contributed by atoms with Crippen LogP contribution in [0.15, 0.2) is 30.7 Å². The van der Waals surface area contributed by atoms with E-state index in [0.717, 1.165) is 11.8 Å². The van der Waals surface area contributed by atoms with Crippen molar-refractivity contribution >= 4 is 5.95 Å². The van der Waals surface area contributed by atoms with Crippen molar-refractivity contribution in [3.8, 4) is 11.3 Å². The topological polar surface area (TPSA) is 64.7 Å². The van der Waals surface area contributed by atoms with Gasteiger partial charge in [0.2, 0.25) is 5.95 Å². The lowest BCUT2D eigenvalue weighted by Gasteiger charge is -2.19. The second kappa shape index (κ2) is 6.77. The van der Waals surface area contributed by atoms with E-state index in [1.807, 2.05) is 13.0 Å². The number of nitrogens with zero attached hydrogens (tertiary/aromatic N) is 7. The second-order valence-corrected chi connectivity index (χ2v) is 5.83. The van der Waals surface area contributed by atoms with E-state index in [1.54, 1.807) is 36.1 Å². The van der Waals surface area contributed by atoms with Crippen LogP contribution in [0.25, 0.3) is 11.3 Å². The number of aromatic nitrogens is 6. The van der Waals surface area contributed by atoms with Gasteiger partial charge in [0.15, 0.2) is 5.69 Å². The van der Waals surface area contributed by atoms with Crippen molar-refractivity contribution in [1.29, 1.82) is 0 Å². The lowest BCUT2D eigenvalue weighted by molar-refractivity contribution is -0.141. The van der Waals surface area contributed by atoms with Crippen molar-refractivity contribution in [3.63, 3.8) is 0 Å². The number of anilines is 1. The van der Waals surface area contributed by atoms with Gasteiger partial charge in [0, 0.05) is 38.6 Å². The van der Waals surface area contributed by atoms with E-state index in [-0.39, 0.29) is 11.6 Å². The molecule has 138 valence electrons. The molecule has 0 fully saturated rings. The quantitative estimate of drug-likeness (QED) is 0.696. The Bertz CT molecular complexity index is 897. The molecule has 3 rings (SSSR count). The first kappa shape index (κ1) is 17.9. The van der Waals surface area contributed by atoms with E-state index in [1.165, 1.54) is 10.9 Å². The maximum absolute atomic E-state index is 13.3. The SMILES string of the molecule is CCn1nccc1CN(C)c1nc(-c2cnn(C)c2)cc(C(F)(F)F)n1. The van der Waals surface area contributed by atoms with E-state index in [2.05, 4.69) is 20.2 Å².